The first kappa shape index (κ1) is 20.2. The average molecular weight is 326 g/mol. The molecule has 1 fully saturated rings. The molecule has 0 amide bonds. The Morgan fingerprint density at radius 2 is 1.65 bits per heavy atom. The molecule has 0 aromatic heterocycles. The predicted molar refractivity (Wildman–Crippen MR) is 101 cm³/mol. The van der Waals surface area contributed by atoms with E-state index in [0.29, 0.717) is 12.1 Å². The van der Waals surface area contributed by atoms with Crippen LogP contribution in [0, 0.1) is 5.92 Å². The van der Waals surface area contributed by atoms with E-state index in [1.807, 2.05) is 7.05 Å². The predicted octanol–water partition coefficient (Wildman–Crippen LogP) is 2.00. The number of nitrogens with one attached hydrogen (secondary N) is 2. The fraction of sp³-hybridized carbons (Fsp3) is 0.944. The van der Waals surface area contributed by atoms with Gasteiger partial charge in [0.25, 0.3) is 0 Å². The Kier molecular flexibility index (Phi) is 9.56. The second-order valence-electron chi connectivity index (χ2n) is 7.38. The van der Waals surface area contributed by atoms with Crippen molar-refractivity contribution >= 4 is 5.96 Å². The summed E-state index contributed by atoms with van der Waals surface area (Å²) in [5.41, 5.74) is 0. The highest BCUT2D eigenvalue weighted by atomic mass is 15.2. The van der Waals surface area contributed by atoms with E-state index in [4.69, 9.17) is 0 Å². The summed E-state index contributed by atoms with van der Waals surface area (Å²) < 4.78 is 0. The van der Waals surface area contributed by atoms with E-state index in [1.165, 1.54) is 25.9 Å². The van der Waals surface area contributed by atoms with Gasteiger partial charge in [-0.05, 0) is 59.5 Å². The molecule has 2 N–H and O–H groups in total. The largest absolute Gasteiger partial charge is 0.355 e. The monoisotopic (exact) mass is 325 g/mol. The number of likely N-dealkylation sites (tertiary alicyclic amines) is 1. The van der Waals surface area contributed by atoms with E-state index in [9.17, 15) is 0 Å². The smallest absolute Gasteiger partial charge is 0.191 e. The first-order valence-electron chi connectivity index (χ1n) is 9.36. The molecule has 0 aromatic carbocycles. The second-order valence-corrected chi connectivity index (χ2v) is 7.38. The molecule has 1 aliphatic heterocycles. The van der Waals surface area contributed by atoms with Gasteiger partial charge in [-0.25, -0.2) is 0 Å². The molecule has 0 saturated carbocycles. The van der Waals surface area contributed by atoms with Crippen LogP contribution in [-0.4, -0.2) is 74.2 Å². The van der Waals surface area contributed by atoms with E-state index in [-0.39, 0.29) is 0 Å². The molecular formula is C18H39N5. The third kappa shape index (κ3) is 8.02. The lowest BCUT2D eigenvalue weighted by atomic mass is 9.99. The Balaban J connectivity index is 2.19. The van der Waals surface area contributed by atoms with Crippen molar-refractivity contribution in [2.24, 2.45) is 10.9 Å². The molecule has 0 spiro atoms. The molecule has 5 heteroatoms. The molecule has 0 atom stereocenters. The molecular weight excluding hydrogens is 286 g/mol. The molecule has 0 unspecified atom stereocenters. The quantitative estimate of drug-likeness (QED) is 0.529. The van der Waals surface area contributed by atoms with Gasteiger partial charge < -0.3 is 15.5 Å². The van der Waals surface area contributed by atoms with Crippen LogP contribution in [0.5, 0.6) is 0 Å². The van der Waals surface area contributed by atoms with Gasteiger partial charge in [0, 0.05) is 45.3 Å². The molecule has 1 heterocycles. The van der Waals surface area contributed by atoms with Gasteiger partial charge >= 0.3 is 0 Å². The maximum absolute atomic E-state index is 4.33. The Labute approximate surface area is 143 Å². The van der Waals surface area contributed by atoms with E-state index in [1.54, 1.807) is 0 Å². The lowest BCUT2D eigenvalue weighted by molar-refractivity contribution is 0.178. The number of aliphatic imine (C=N–C) groups is 1. The van der Waals surface area contributed by atoms with E-state index in [2.05, 4.69) is 60.0 Å². The van der Waals surface area contributed by atoms with Gasteiger partial charge in [-0.3, -0.25) is 9.89 Å². The number of guanidine groups is 1. The van der Waals surface area contributed by atoms with Crippen molar-refractivity contribution in [2.75, 3.05) is 46.3 Å². The summed E-state index contributed by atoms with van der Waals surface area (Å²) in [6.45, 7) is 17.9. The highest BCUT2D eigenvalue weighted by molar-refractivity contribution is 5.79. The fourth-order valence-corrected chi connectivity index (χ4v) is 3.25. The van der Waals surface area contributed by atoms with Crippen molar-refractivity contribution < 1.29 is 0 Å². The normalized spacial score (nSPS) is 18.2. The topological polar surface area (TPSA) is 42.9 Å². The first-order chi connectivity index (χ1) is 10.9. The number of hydrogen-bond donors (Lipinski definition) is 2. The Morgan fingerprint density at radius 1 is 1.09 bits per heavy atom. The van der Waals surface area contributed by atoms with Gasteiger partial charge in [-0.2, -0.15) is 0 Å². The van der Waals surface area contributed by atoms with Crippen LogP contribution in [0.1, 0.15) is 47.5 Å². The molecule has 136 valence electrons. The lowest BCUT2D eigenvalue weighted by Crippen LogP contribution is -2.47. The zero-order valence-corrected chi connectivity index (χ0v) is 16.2. The molecule has 5 nitrogen and oxygen atoms in total. The van der Waals surface area contributed by atoms with Crippen LogP contribution >= 0.6 is 0 Å². The van der Waals surface area contributed by atoms with Crippen LogP contribution in [0.15, 0.2) is 4.99 Å². The number of piperidine rings is 1. The van der Waals surface area contributed by atoms with Gasteiger partial charge in [0.1, 0.15) is 0 Å². The highest BCUT2D eigenvalue weighted by Gasteiger charge is 2.15. The van der Waals surface area contributed by atoms with Gasteiger partial charge in [0.05, 0.1) is 0 Å². The molecule has 0 bridgehead atoms. The zero-order valence-electron chi connectivity index (χ0n) is 16.2. The number of hydrogen-bond acceptors (Lipinski definition) is 3. The molecule has 23 heavy (non-hydrogen) atoms. The van der Waals surface area contributed by atoms with Crippen molar-refractivity contribution in [1.29, 1.82) is 0 Å². The first-order valence-corrected chi connectivity index (χ1v) is 9.36. The molecule has 0 aromatic rings. The number of nitrogens with zero attached hydrogens (tertiary/aromatic N) is 3. The van der Waals surface area contributed by atoms with Gasteiger partial charge in [0.15, 0.2) is 5.96 Å². The summed E-state index contributed by atoms with van der Waals surface area (Å²) in [6.07, 6.45) is 2.68. The van der Waals surface area contributed by atoms with Crippen LogP contribution in [0.2, 0.25) is 0 Å². The van der Waals surface area contributed by atoms with E-state index >= 15 is 0 Å². The zero-order chi connectivity index (χ0) is 17.2. The minimum atomic E-state index is 0.577. The van der Waals surface area contributed by atoms with Crippen LogP contribution in [-0.2, 0) is 0 Å². The Morgan fingerprint density at radius 3 is 2.17 bits per heavy atom. The van der Waals surface area contributed by atoms with Crippen molar-refractivity contribution in [3.8, 4) is 0 Å². The van der Waals surface area contributed by atoms with Crippen LogP contribution in [0.25, 0.3) is 0 Å². The SMILES string of the molecule is CN=C(NCCN1CCC(C)CC1)NCCN(C(C)C)C(C)C. The molecule has 1 saturated heterocycles. The van der Waals surface area contributed by atoms with Crippen molar-refractivity contribution in [1.82, 2.24) is 20.4 Å². The third-order valence-corrected chi connectivity index (χ3v) is 4.81. The van der Waals surface area contributed by atoms with Crippen molar-refractivity contribution in [3.63, 3.8) is 0 Å². The highest BCUT2D eigenvalue weighted by Crippen LogP contribution is 2.15. The summed E-state index contributed by atoms with van der Waals surface area (Å²) >= 11 is 0. The molecule has 1 rings (SSSR count). The van der Waals surface area contributed by atoms with E-state index in [0.717, 1.165) is 38.1 Å². The lowest BCUT2D eigenvalue weighted by Gasteiger charge is -2.31. The van der Waals surface area contributed by atoms with Gasteiger partial charge in [0.2, 0.25) is 0 Å². The van der Waals surface area contributed by atoms with Crippen LogP contribution in [0.3, 0.4) is 0 Å². The van der Waals surface area contributed by atoms with Crippen molar-refractivity contribution in [3.05, 3.63) is 0 Å². The van der Waals surface area contributed by atoms with Crippen molar-refractivity contribution in [2.45, 2.75) is 59.5 Å². The van der Waals surface area contributed by atoms with Gasteiger partial charge in [-0.15, -0.1) is 0 Å². The Bertz CT molecular complexity index is 324. The summed E-state index contributed by atoms with van der Waals surface area (Å²) in [4.78, 5) is 9.38. The summed E-state index contributed by atoms with van der Waals surface area (Å²) in [5.74, 6) is 1.82. The Hall–Kier alpha value is -0.810. The van der Waals surface area contributed by atoms with Gasteiger partial charge in [-0.1, -0.05) is 6.92 Å². The standard InChI is InChI=1S/C18H39N5/c1-15(2)23(16(3)4)14-10-21-18(19-6)20-9-13-22-11-7-17(5)8-12-22/h15-17H,7-14H2,1-6H3,(H2,19,20,21). The number of rotatable bonds is 8. The average Bonchev–Trinajstić information content (AvgIpc) is 2.50. The molecule has 0 radical (unpaired) electrons. The maximum atomic E-state index is 4.33. The minimum Gasteiger partial charge on any atom is -0.355 e. The summed E-state index contributed by atoms with van der Waals surface area (Å²) in [7, 11) is 1.85. The van der Waals surface area contributed by atoms with Crippen LogP contribution in [0.4, 0.5) is 0 Å². The minimum absolute atomic E-state index is 0.577. The maximum Gasteiger partial charge on any atom is 0.191 e. The second kappa shape index (κ2) is 10.9. The molecule has 0 aliphatic carbocycles. The van der Waals surface area contributed by atoms with Crippen LogP contribution < -0.4 is 10.6 Å². The van der Waals surface area contributed by atoms with E-state index < -0.39 is 0 Å². The third-order valence-electron chi connectivity index (χ3n) is 4.81. The fourth-order valence-electron chi connectivity index (χ4n) is 3.25. The molecule has 1 aliphatic rings. The summed E-state index contributed by atoms with van der Waals surface area (Å²) in [6, 6.07) is 1.15. The summed E-state index contributed by atoms with van der Waals surface area (Å²) in [5, 5.41) is 6.87.